The molecular formula is C18H30N4O2S. The second-order valence-corrected chi connectivity index (χ2v) is 9.84. The molecule has 3 atom stereocenters. The van der Waals surface area contributed by atoms with Gasteiger partial charge in [0.1, 0.15) is 0 Å². The molecule has 4 rings (SSSR count). The molecule has 4 heterocycles. The normalized spacial score (nSPS) is 32.3. The van der Waals surface area contributed by atoms with E-state index < -0.39 is 10.0 Å². The second kappa shape index (κ2) is 6.67. The van der Waals surface area contributed by atoms with Crippen LogP contribution in [0.2, 0.25) is 0 Å². The lowest BCUT2D eigenvalue weighted by Crippen LogP contribution is -2.53. The van der Waals surface area contributed by atoms with Gasteiger partial charge >= 0.3 is 0 Å². The summed E-state index contributed by atoms with van der Waals surface area (Å²) < 4.78 is 30.0. The van der Waals surface area contributed by atoms with Gasteiger partial charge in [-0.1, -0.05) is 6.92 Å². The van der Waals surface area contributed by atoms with E-state index in [2.05, 4.69) is 16.9 Å². The average molecular weight is 367 g/mol. The zero-order valence-electron chi connectivity index (χ0n) is 15.3. The number of aryl methyl sites for hydroxylation is 1. The molecule has 0 saturated carbocycles. The molecule has 0 aromatic carbocycles. The zero-order valence-corrected chi connectivity index (χ0v) is 16.2. The zero-order chi connectivity index (χ0) is 17.6. The Hall–Kier alpha value is -0.920. The summed E-state index contributed by atoms with van der Waals surface area (Å²) in [5.41, 5.74) is 0. The molecule has 7 heteroatoms. The van der Waals surface area contributed by atoms with Crippen LogP contribution in [-0.4, -0.2) is 58.6 Å². The van der Waals surface area contributed by atoms with Crippen LogP contribution in [0.1, 0.15) is 52.4 Å². The summed E-state index contributed by atoms with van der Waals surface area (Å²) in [5, 5.41) is 4.52. The Labute approximate surface area is 151 Å². The lowest BCUT2D eigenvalue weighted by molar-refractivity contribution is 0.0757. The first kappa shape index (κ1) is 17.5. The van der Waals surface area contributed by atoms with E-state index in [0.717, 1.165) is 31.6 Å². The number of sulfonamides is 1. The maximum Gasteiger partial charge on any atom is 0.260 e. The van der Waals surface area contributed by atoms with Crippen molar-refractivity contribution in [2.24, 2.45) is 5.92 Å². The number of hydrogen-bond donors (Lipinski definition) is 0. The fourth-order valence-electron chi connectivity index (χ4n) is 5.07. The minimum Gasteiger partial charge on any atom is -0.300 e. The van der Waals surface area contributed by atoms with Crippen molar-refractivity contribution in [3.63, 3.8) is 0 Å². The van der Waals surface area contributed by atoms with Gasteiger partial charge in [-0.3, -0.25) is 4.68 Å². The van der Waals surface area contributed by atoms with Crippen molar-refractivity contribution in [3.8, 4) is 0 Å². The molecule has 0 spiro atoms. The number of likely N-dealkylation sites (tertiary alicyclic amines) is 1. The van der Waals surface area contributed by atoms with Crippen LogP contribution in [0.4, 0.5) is 0 Å². The molecule has 1 aromatic rings. The molecule has 6 nitrogen and oxygen atoms in total. The van der Waals surface area contributed by atoms with Crippen LogP contribution in [0.15, 0.2) is 17.3 Å². The molecular weight excluding hydrogens is 336 g/mol. The molecule has 0 radical (unpaired) electrons. The summed E-state index contributed by atoms with van der Waals surface area (Å²) in [4.78, 5) is 2.63. The molecule has 0 aliphatic carbocycles. The Morgan fingerprint density at radius 2 is 1.72 bits per heavy atom. The van der Waals surface area contributed by atoms with Crippen molar-refractivity contribution in [2.45, 2.75) is 82.1 Å². The van der Waals surface area contributed by atoms with E-state index in [4.69, 9.17) is 0 Å². The van der Waals surface area contributed by atoms with E-state index in [1.807, 2.05) is 11.2 Å². The van der Waals surface area contributed by atoms with E-state index in [9.17, 15) is 8.42 Å². The van der Waals surface area contributed by atoms with Crippen LogP contribution >= 0.6 is 0 Å². The molecule has 3 fully saturated rings. The summed E-state index contributed by atoms with van der Waals surface area (Å²) in [5.74, 6) is 0.836. The Balaban J connectivity index is 1.53. The molecule has 2 bridgehead atoms. The number of piperidine rings is 2. The largest absolute Gasteiger partial charge is 0.300 e. The lowest BCUT2D eigenvalue weighted by atomic mass is 9.93. The summed E-state index contributed by atoms with van der Waals surface area (Å²) in [6, 6.07) is 2.53. The van der Waals surface area contributed by atoms with Crippen LogP contribution in [0.5, 0.6) is 0 Å². The number of aromatic nitrogens is 2. The number of nitrogens with zero attached hydrogens (tertiary/aromatic N) is 4. The van der Waals surface area contributed by atoms with Crippen LogP contribution in [-0.2, 0) is 16.6 Å². The minimum absolute atomic E-state index is 0.160. The van der Waals surface area contributed by atoms with Crippen molar-refractivity contribution >= 4 is 10.0 Å². The van der Waals surface area contributed by atoms with Gasteiger partial charge in [0.15, 0.2) is 5.03 Å². The first-order valence-electron chi connectivity index (χ1n) is 9.80. The van der Waals surface area contributed by atoms with Crippen LogP contribution in [0, 0.1) is 5.92 Å². The smallest absolute Gasteiger partial charge is 0.260 e. The standard InChI is InChI=1S/C18H30N4O2S/c1-3-21-18(6-9-19-21)25(23,24)22-15-4-5-16(22)13-17(12-15)20-10-7-14(2)8-11-20/h6,9,14-17H,3-5,7-8,10-13H2,1-2H3/t15-,16+,17-. The highest BCUT2D eigenvalue weighted by Gasteiger charge is 2.49. The Morgan fingerprint density at radius 3 is 2.32 bits per heavy atom. The Kier molecular flexibility index (Phi) is 4.67. The molecule has 25 heavy (non-hydrogen) atoms. The van der Waals surface area contributed by atoms with Crippen molar-refractivity contribution < 1.29 is 8.42 Å². The van der Waals surface area contributed by atoms with Gasteiger partial charge in [-0.2, -0.15) is 9.40 Å². The van der Waals surface area contributed by atoms with Gasteiger partial charge < -0.3 is 4.90 Å². The highest BCUT2D eigenvalue weighted by Crippen LogP contribution is 2.41. The maximum absolute atomic E-state index is 13.3. The van der Waals surface area contributed by atoms with Crippen molar-refractivity contribution in [1.29, 1.82) is 0 Å². The van der Waals surface area contributed by atoms with Gasteiger partial charge in [0, 0.05) is 24.7 Å². The number of hydrogen-bond acceptors (Lipinski definition) is 4. The third-order valence-electron chi connectivity index (χ3n) is 6.49. The molecule has 1 aromatic heterocycles. The molecule has 3 aliphatic rings. The van der Waals surface area contributed by atoms with Gasteiger partial charge in [0.25, 0.3) is 10.0 Å². The van der Waals surface area contributed by atoms with Crippen molar-refractivity contribution in [1.82, 2.24) is 19.0 Å². The predicted octanol–water partition coefficient (Wildman–Crippen LogP) is 2.32. The maximum atomic E-state index is 13.3. The van der Waals surface area contributed by atoms with Gasteiger partial charge in [-0.05, 0) is 70.5 Å². The third-order valence-corrected chi connectivity index (χ3v) is 8.52. The fourth-order valence-corrected chi connectivity index (χ4v) is 7.13. The molecule has 0 amide bonds. The van der Waals surface area contributed by atoms with Crippen molar-refractivity contribution in [2.75, 3.05) is 13.1 Å². The van der Waals surface area contributed by atoms with Gasteiger partial charge in [0.05, 0.1) is 6.20 Å². The monoisotopic (exact) mass is 366 g/mol. The van der Waals surface area contributed by atoms with Crippen LogP contribution < -0.4 is 0 Å². The number of fused-ring (bicyclic) bond motifs is 2. The summed E-state index contributed by atoms with van der Waals surface area (Å²) in [6.45, 7) is 7.22. The number of rotatable bonds is 4. The van der Waals surface area contributed by atoms with E-state index >= 15 is 0 Å². The molecule has 3 saturated heterocycles. The first-order valence-corrected chi connectivity index (χ1v) is 11.2. The second-order valence-electron chi connectivity index (χ2n) is 8.05. The van der Waals surface area contributed by atoms with Gasteiger partial charge in [0.2, 0.25) is 0 Å². The van der Waals surface area contributed by atoms with Crippen LogP contribution in [0.25, 0.3) is 0 Å². The predicted molar refractivity (Wildman–Crippen MR) is 96.7 cm³/mol. The quantitative estimate of drug-likeness (QED) is 0.821. The van der Waals surface area contributed by atoms with E-state index in [1.165, 1.54) is 25.9 Å². The van der Waals surface area contributed by atoms with Crippen molar-refractivity contribution in [3.05, 3.63) is 12.3 Å². The van der Waals surface area contributed by atoms with Gasteiger partial charge in [-0.25, -0.2) is 8.42 Å². The third kappa shape index (κ3) is 3.04. The van der Waals surface area contributed by atoms with E-state index in [0.29, 0.717) is 17.6 Å². The average Bonchev–Trinajstić information content (AvgIpc) is 3.19. The Bertz CT molecular complexity index is 694. The van der Waals surface area contributed by atoms with E-state index in [1.54, 1.807) is 16.9 Å². The topological polar surface area (TPSA) is 58.4 Å². The highest BCUT2D eigenvalue weighted by molar-refractivity contribution is 7.89. The summed E-state index contributed by atoms with van der Waals surface area (Å²) >= 11 is 0. The summed E-state index contributed by atoms with van der Waals surface area (Å²) in [7, 11) is -3.44. The summed E-state index contributed by atoms with van der Waals surface area (Å²) in [6.07, 6.45) is 8.15. The highest BCUT2D eigenvalue weighted by atomic mass is 32.2. The molecule has 0 unspecified atom stereocenters. The molecule has 140 valence electrons. The van der Waals surface area contributed by atoms with Crippen LogP contribution in [0.3, 0.4) is 0 Å². The van der Waals surface area contributed by atoms with Gasteiger partial charge in [-0.15, -0.1) is 0 Å². The first-order chi connectivity index (χ1) is 12.0. The van der Waals surface area contributed by atoms with E-state index in [-0.39, 0.29) is 12.1 Å². The molecule has 3 aliphatic heterocycles. The lowest BCUT2D eigenvalue weighted by Gasteiger charge is -2.44. The fraction of sp³-hybridized carbons (Fsp3) is 0.833. The minimum atomic E-state index is -3.44. The SMILES string of the molecule is CCn1nccc1S(=O)(=O)N1[C@@H]2CC[C@H]1C[C@H](N1CCC(C)CC1)C2. The Morgan fingerprint density at radius 1 is 1.08 bits per heavy atom. The molecule has 0 N–H and O–H groups in total.